The fourth-order valence-corrected chi connectivity index (χ4v) is 2.90. The van der Waals surface area contributed by atoms with E-state index in [4.69, 9.17) is 22.1 Å². The summed E-state index contributed by atoms with van der Waals surface area (Å²) in [6, 6.07) is 11.9. The number of anilines is 1. The number of benzene rings is 2. The fraction of sp³-hybridized carbons (Fsp3) is 0.250. The van der Waals surface area contributed by atoms with Gasteiger partial charge in [-0.1, -0.05) is 17.7 Å². The first-order valence-corrected chi connectivity index (χ1v) is 6.95. The third-order valence-electron chi connectivity index (χ3n) is 3.65. The van der Waals surface area contributed by atoms with Gasteiger partial charge in [-0.2, -0.15) is 0 Å². The Labute approximate surface area is 123 Å². The van der Waals surface area contributed by atoms with Crippen LogP contribution in [0.5, 0.6) is 5.75 Å². The SMILES string of the molecule is COc1ccc(Cl)cc1CN1Cc2ccc(N)cc2C1. The van der Waals surface area contributed by atoms with Crippen LogP contribution in [0.15, 0.2) is 36.4 Å². The van der Waals surface area contributed by atoms with Crippen molar-refractivity contribution in [2.75, 3.05) is 12.8 Å². The number of hydrogen-bond donors (Lipinski definition) is 1. The second kappa shape index (κ2) is 5.35. The molecule has 3 rings (SSSR count). The summed E-state index contributed by atoms with van der Waals surface area (Å²) >= 11 is 6.08. The predicted molar refractivity (Wildman–Crippen MR) is 81.8 cm³/mol. The molecule has 0 saturated heterocycles. The number of nitrogens with zero attached hydrogens (tertiary/aromatic N) is 1. The van der Waals surface area contributed by atoms with E-state index in [0.29, 0.717) is 0 Å². The summed E-state index contributed by atoms with van der Waals surface area (Å²) in [5.74, 6) is 0.880. The molecule has 3 nitrogen and oxygen atoms in total. The van der Waals surface area contributed by atoms with E-state index in [1.807, 2.05) is 24.3 Å². The van der Waals surface area contributed by atoms with Crippen LogP contribution in [-0.2, 0) is 19.6 Å². The first-order chi connectivity index (χ1) is 9.65. The highest BCUT2D eigenvalue weighted by Gasteiger charge is 2.20. The number of rotatable bonds is 3. The van der Waals surface area contributed by atoms with Gasteiger partial charge in [0.1, 0.15) is 5.75 Å². The van der Waals surface area contributed by atoms with E-state index in [1.165, 1.54) is 11.1 Å². The van der Waals surface area contributed by atoms with Crippen LogP contribution in [-0.4, -0.2) is 12.0 Å². The van der Waals surface area contributed by atoms with Gasteiger partial charge in [0.05, 0.1) is 7.11 Å². The molecule has 2 N–H and O–H groups in total. The Bertz CT molecular complexity index is 642. The van der Waals surface area contributed by atoms with Crippen LogP contribution in [0.3, 0.4) is 0 Å². The Kier molecular flexibility index (Phi) is 3.55. The summed E-state index contributed by atoms with van der Waals surface area (Å²) in [6.07, 6.45) is 0. The van der Waals surface area contributed by atoms with Crippen LogP contribution in [0.2, 0.25) is 5.02 Å². The van der Waals surface area contributed by atoms with Crippen molar-refractivity contribution in [2.45, 2.75) is 19.6 Å². The van der Waals surface area contributed by atoms with Crippen LogP contribution in [0, 0.1) is 0 Å². The lowest BCUT2D eigenvalue weighted by molar-refractivity contribution is 0.270. The lowest BCUT2D eigenvalue weighted by Gasteiger charge is -2.17. The molecular weight excluding hydrogens is 272 g/mol. The minimum Gasteiger partial charge on any atom is -0.496 e. The van der Waals surface area contributed by atoms with Crippen molar-refractivity contribution in [1.29, 1.82) is 0 Å². The van der Waals surface area contributed by atoms with E-state index in [0.717, 1.165) is 41.7 Å². The molecule has 1 aliphatic heterocycles. The van der Waals surface area contributed by atoms with Gasteiger partial charge in [0.15, 0.2) is 0 Å². The maximum Gasteiger partial charge on any atom is 0.123 e. The van der Waals surface area contributed by atoms with Crippen molar-refractivity contribution in [3.8, 4) is 5.75 Å². The molecule has 1 aliphatic rings. The molecule has 0 bridgehead atoms. The van der Waals surface area contributed by atoms with Gasteiger partial charge in [-0.05, 0) is 41.5 Å². The Balaban J connectivity index is 1.79. The van der Waals surface area contributed by atoms with E-state index in [1.54, 1.807) is 7.11 Å². The highest BCUT2D eigenvalue weighted by Crippen LogP contribution is 2.29. The van der Waals surface area contributed by atoms with Crippen molar-refractivity contribution in [3.05, 3.63) is 58.1 Å². The van der Waals surface area contributed by atoms with E-state index in [9.17, 15) is 0 Å². The van der Waals surface area contributed by atoms with Gasteiger partial charge in [-0.15, -0.1) is 0 Å². The van der Waals surface area contributed by atoms with Crippen LogP contribution in [0.4, 0.5) is 5.69 Å². The van der Waals surface area contributed by atoms with Crippen molar-refractivity contribution in [2.24, 2.45) is 0 Å². The van der Waals surface area contributed by atoms with Gasteiger partial charge >= 0.3 is 0 Å². The molecule has 0 atom stereocenters. The summed E-state index contributed by atoms with van der Waals surface area (Å²) in [4.78, 5) is 2.36. The molecule has 2 aromatic carbocycles. The summed E-state index contributed by atoms with van der Waals surface area (Å²) < 4.78 is 5.40. The first kappa shape index (κ1) is 13.3. The van der Waals surface area contributed by atoms with Crippen molar-refractivity contribution < 1.29 is 4.74 Å². The zero-order chi connectivity index (χ0) is 14.1. The van der Waals surface area contributed by atoms with E-state index < -0.39 is 0 Å². The first-order valence-electron chi connectivity index (χ1n) is 6.58. The standard InChI is InChI=1S/C16H17ClN2O/c1-20-16-5-3-14(17)6-13(16)10-19-8-11-2-4-15(18)7-12(11)9-19/h2-7H,8-10,18H2,1H3. The monoisotopic (exact) mass is 288 g/mol. The Morgan fingerprint density at radius 1 is 1.15 bits per heavy atom. The molecule has 0 unspecified atom stereocenters. The van der Waals surface area contributed by atoms with Gasteiger partial charge in [0.2, 0.25) is 0 Å². The smallest absolute Gasteiger partial charge is 0.123 e. The number of halogens is 1. The highest BCUT2D eigenvalue weighted by molar-refractivity contribution is 6.30. The zero-order valence-electron chi connectivity index (χ0n) is 11.4. The fourth-order valence-electron chi connectivity index (χ4n) is 2.71. The van der Waals surface area contributed by atoms with E-state index in [-0.39, 0.29) is 0 Å². The van der Waals surface area contributed by atoms with Crippen LogP contribution in [0.25, 0.3) is 0 Å². The van der Waals surface area contributed by atoms with E-state index in [2.05, 4.69) is 17.0 Å². The topological polar surface area (TPSA) is 38.5 Å². The summed E-state index contributed by atoms with van der Waals surface area (Å²) in [5.41, 5.74) is 10.4. The second-order valence-corrected chi connectivity index (χ2v) is 5.57. The molecule has 104 valence electrons. The molecule has 0 aromatic heterocycles. The molecule has 0 spiro atoms. The largest absolute Gasteiger partial charge is 0.496 e. The van der Waals surface area contributed by atoms with Crippen LogP contribution in [0.1, 0.15) is 16.7 Å². The Morgan fingerprint density at radius 2 is 1.95 bits per heavy atom. The van der Waals surface area contributed by atoms with Gasteiger partial charge in [-0.3, -0.25) is 4.90 Å². The molecule has 0 fully saturated rings. The average Bonchev–Trinajstić information content (AvgIpc) is 2.80. The minimum absolute atomic E-state index is 0.738. The number of nitrogens with two attached hydrogens (primary N) is 1. The van der Waals surface area contributed by atoms with Crippen LogP contribution >= 0.6 is 11.6 Å². The highest BCUT2D eigenvalue weighted by atomic mass is 35.5. The van der Waals surface area contributed by atoms with Crippen molar-refractivity contribution in [1.82, 2.24) is 4.90 Å². The Hall–Kier alpha value is -1.71. The molecule has 0 radical (unpaired) electrons. The molecule has 4 heteroatoms. The Morgan fingerprint density at radius 3 is 2.75 bits per heavy atom. The number of methoxy groups -OCH3 is 1. The van der Waals surface area contributed by atoms with Gasteiger partial charge in [0.25, 0.3) is 0 Å². The lowest BCUT2D eigenvalue weighted by atomic mass is 10.1. The lowest BCUT2D eigenvalue weighted by Crippen LogP contribution is -2.16. The summed E-state index contributed by atoms with van der Waals surface area (Å²) in [5, 5.41) is 0.738. The quantitative estimate of drug-likeness (QED) is 0.879. The molecule has 0 saturated carbocycles. The van der Waals surface area contributed by atoms with Gasteiger partial charge in [0, 0.05) is 35.9 Å². The van der Waals surface area contributed by atoms with E-state index >= 15 is 0 Å². The maximum absolute atomic E-state index is 6.08. The van der Waals surface area contributed by atoms with Gasteiger partial charge < -0.3 is 10.5 Å². The zero-order valence-corrected chi connectivity index (χ0v) is 12.2. The van der Waals surface area contributed by atoms with Crippen LogP contribution < -0.4 is 10.5 Å². The molecule has 2 aromatic rings. The third kappa shape index (κ3) is 2.60. The minimum atomic E-state index is 0.738. The molecule has 0 aliphatic carbocycles. The third-order valence-corrected chi connectivity index (χ3v) is 3.89. The number of hydrogen-bond acceptors (Lipinski definition) is 3. The van der Waals surface area contributed by atoms with Gasteiger partial charge in [-0.25, -0.2) is 0 Å². The average molecular weight is 289 g/mol. The predicted octanol–water partition coefficient (Wildman–Crippen LogP) is 3.45. The number of fused-ring (bicyclic) bond motifs is 1. The normalized spacial score (nSPS) is 14.3. The molecule has 0 amide bonds. The van der Waals surface area contributed by atoms with Crippen molar-refractivity contribution in [3.63, 3.8) is 0 Å². The summed E-state index contributed by atoms with van der Waals surface area (Å²) in [7, 11) is 1.69. The molecule has 1 heterocycles. The molecular formula is C16H17ClN2O. The second-order valence-electron chi connectivity index (χ2n) is 5.13. The number of ether oxygens (including phenoxy) is 1. The molecule has 20 heavy (non-hydrogen) atoms. The van der Waals surface area contributed by atoms with Crippen molar-refractivity contribution >= 4 is 17.3 Å². The number of nitrogen functional groups attached to an aromatic ring is 1. The summed E-state index contributed by atoms with van der Waals surface area (Å²) in [6.45, 7) is 2.67. The maximum atomic E-state index is 6.08.